The van der Waals surface area contributed by atoms with E-state index in [0.29, 0.717) is 19.6 Å². The molecule has 0 aromatic heterocycles. The highest BCUT2D eigenvalue weighted by atomic mass is 16.5. The lowest BCUT2D eigenvalue weighted by Gasteiger charge is -2.10. The second kappa shape index (κ2) is 5.93. The summed E-state index contributed by atoms with van der Waals surface area (Å²) in [7, 11) is 0. The first-order chi connectivity index (χ1) is 4.35. The van der Waals surface area contributed by atoms with Crippen LogP contribution in [0, 0.1) is 5.92 Å². The van der Waals surface area contributed by atoms with Crippen molar-refractivity contribution in [3.8, 4) is 0 Å². The van der Waals surface area contributed by atoms with E-state index in [-0.39, 0.29) is 5.92 Å². The Balaban J connectivity index is 3.18. The summed E-state index contributed by atoms with van der Waals surface area (Å²) < 4.78 is 0. The molecule has 0 saturated heterocycles. The smallest absolute Gasteiger partial charge is 0.0260 e. The quantitative estimate of drug-likeness (QED) is 0.297. The molecular weight excluding hydrogens is 122 g/mol. The highest BCUT2D eigenvalue weighted by Crippen LogP contribution is 1.86. The van der Waals surface area contributed by atoms with Crippen molar-refractivity contribution in [2.75, 3.05) is 19.6 Å². The summed E-state index contributed by atoms with van der Waals surface area (Å²) in [5.41, 5.74) is 9.19. The molecule has 0 heterocycles. The Morgan fingerprint density at radius 2 is 1.67 bits per heavy atom. The number of hydrogen-bond donors (Lipinski definition) is 5. The van der Waals surface area contributed by atoms with Crippen molar-refractivity contribution in [2.45, 2.75) is 0 Å². The van der Waals surface area contributed by atoms with Gasteiger partial charge in [-0.25, -0.2) is 11.0 Å². The summed E-state index contributed by atoms with van der Waals surface area (Å²) in [6, 6.07) is 0. The molecule has 6 N–H and O–H groups in total. The summed E-state index contributed by atoms with van der Waals surface area (Å²) in [6.45, 7) is 1.22. The van der Waals surface area contributed by atoms with Gasteiger partial charge < -0.3 is 16.1 Å². The SMILES string of the molecule is NCC(CNO)CNO. The minimum Gasteiger partial charge on any atom is -0.330 e. The molecule has 0 aliphatic rings. The summed E-state index contributed by atoms with van der Waals surface area (Å²) in [6.07, 6.45) is 0. The largest absolute Gasteiger partial charge is 0.330 e. The predicted molar refractivity (Wildman–Crippen MR) is 32.1 cm³/mol. The van der Waals surface area contributed by atoms with Crippen molar-refractivity contribution in [3.05, 3.63) is 0 Å². The zero-order chi connectivity index (χ0) is 7.11. The van der Waals surface area contributed by atoms with E-state index in [0.717, 1.165) is 0 Å². The van der Waals surface area contributed by atoms with Crippen LogP contribution in [0.3, 0.4) is 0 Å². The van der Waals surface area contributed by atoms with Crippen molar-refractivity contribution in [1.82, 2.24) is 11.0 Å². The predicted octanol–water partition coefficient (Wildman–Crippen LogP) is -1.48. The van der Waals surface area contributed by atoms with Crippen molar-refractivity contribution in [3.63, 3.8) is 0 Å². The Morgan fingerprint density at radius 3 is 1.89 bits per heavy atom. The Morgan fingerprint density at radius 1 is 1.22 bits per heavy atom. The standard InChI is InChI=1S/C4H13N3O2/c5-1-4(2-6-8)3-7-9/h4,6-9H,1-3,5H2. The maximum atomic E-state index is 8.18. The van der Waals surface area contributed by atoms with Gasteiger partial charge in [-0.1, -0.05) is 0 Å². The van der Waals surface area contributed by atoms with Gasteiger partial charge in [-0.15, -0.1) is 0 Å². The maximum absolute atomic E-state index is 8.18. The van der Waals surface area contributed by atoms with Gasteiger partial charge >= 0.3 is 0 Å². The number of hydrogen-bond acceptors (Lipinski definition) is 5. The monoisotopic (exact) mass is 135 g/mol. The molecule has 0 aliphatic carbocycles. The highest BCUT2D eigenvalue weighted by molar-refractivity contribution is 4.60. The number of nitrogens with one attached hydrogen (secondary N) is 2. The fourth-order valence-electron chi connectivity index (χ4n) is 0.497. The molecule has 0 rings (SSSR count). The average Bonchev–Trinajstić information content (AvgIpc) is 1.88. The first-order valence-corrected chi connectivity index (χ1v) is 2.79. The lowest BCUT2D eigenvalue weighted by Crippen LogP contribution is -2.33. The van der Waals surface area contributed by atoms with Crippen LogP contribution in [0.1, 0.15) is 0 Å². The molecule has 0 unspecified atom stereocenters. The molecule has 0 fully saturated rings. The number of nitrogens with two attached hydrogens (primary N) is 1. The Labute approximate surface area is 53.8 Å². The fourth-order valence-corrected chi connectivity index (χ4v) is 0.497. The van der Waals surface area contributed by atoms with E-state index >= 15 is 0 Å². The lowest BCUT2D eigenvalue weighted by molar-refractivity contribution is 0.118. The molecule has 0 saturated carbocycles. The summed E-state index contributed by atoms with van der Waals surface area (Å²) in [4.78, 5) is 0. The van der Waals surface area contributed by atoms with E-state index in [9.17, 15) is 0 Å². The minimum absolute atomic E-state index is 0.0694. The molecule has 0 aromatic rings. The van der Waals surface area contributed by atoms with Gasteiger partial charge in [0.15, 0.2) is 0 Å². The maximum Gasteiger partial charge on any atom is 0.0260 e. The van der Waals surface area contributed by atoms with Crippen LogP contribution < -0.4 is 16.7 Å². The molecular formula is C4H13N3O2. The molecule has 0 spiro atoms. The second-order valence-electron chi connectivity index (χ2n) is 1.83. The molecule has 0 bridgehead atoms. The third kappa shape index (κ3) is 4.31. The molecule has 5 nitrogen and oxygen atoms in total. The topological polar surface area (TPSA) is 90.5 Å². The zero-order valence-electron chi connectivity index (χ0n) is 5.17. The molecule has 5 heteroatoms. The fraction of sp³-hybridized carbons (Fsp3) is 1.00. The van der Waals surface area contributed by atoms with Gasteiger partial charge in [0.05, 0.1) is 0 Å². The van der Waals surface area contributed by atoms with Crippen molar-refractivity contribution in [1.29, 1.82) is 0 Å². The van der Waals surface area contributed by atoms with Gasteiger partial charge in [-0.3, -0.25) is 0 Å². The van der Waals surface area contributed by atoms with E-state index in [4.69, 9.17) is 16.1 Å². The van der Waals surface area contributed by atoms with Gasteiger partial charge in [0.2, 0.25) is 0 Å². The Bertz CT molecular complexity index is 55.8. The van der Waals surface area contributed by atoms with Crippen molar-refractivity contribution >= 4 is 0 Å². The van der Waals surface area contributed by atoms with E-state index in [1.54, 1.807) is 0 Å². The van der Waals surface area contributed by atoms with Gasteiger partial charge in [0.1, 0.15) is 0 Å². The third-order valence-corrected chi connectivity index (χ3v) is 1.09. The highest BCUT2D eigenvalue weighted by Gasteiger charge is 2.02. The van der Waals surface area contributed by atoms with Crippen LogP contribution in [0.4, 0.5) is 0 Å². The third-order valence-electron chi connectivity index (χ3n) is 1.09. The molecule has 0 amide bonds. The van der Waals surface area contributed by atoms with Crippen LogP contribution in [0.5, 0.6) is 0 Å². The van der Waals surface area contributed by atoms with Gasteiger partial charge in [0.25, 0.3) is 0 Å². The Kier molecular flexibility index (Phi) is 5.80. The Hall–Kier alpha value is -0.200. The van der Waals surface area contributed by atoms with E-state index in [2.05, 4.69) is 0 Å². The summed E-state index contributed by atoms with van der Waals surface area (Å²) in [5.74, 6) is 0.0694. The molecule has 9 heavy (non-hydrogen) atoms. The van der Waals surface area contributed by atoms with Crippen LogP contribution in [-0.4, -0.2) is 30.0 Å². The van der Waals surface area contributed by atoms with Crippen molar-refractivity contribution in [2.24, 2.45) is 11.7 Å². The molecule has 0 radical (unpaired) electrons. The first-order valence-electron chi connectivity index (χ1n) is 2.79. The number of rotatable bonds is 5. The van der Waals surface area contributed by atoms with E-state index in [1.807, 2.05) is 11.0 Å². The molecule has 0 aromatic carbocycles. The van der Waals surface area contributed by atoms with Gasteiger partial charge in [0, 0.05) is 19.0 Å². The van der Waals surface area contributed by atoms with Gasteiger partial charge in [-0.05, 0) is 6.54 Å². The molecule has 56 valence electrons. The van der Waals surface area contributed by atoms with E-state index < -0.39 is 0 Å². The summed E-state index contributed by atoms with van der Waals surface area (Å²) >= 11 is 0. The second-order valence-corrected chi connectivity index (χ2v) is 1.83. The lowest BCUT2D eigenvalue weighted by atomic mass is 10.1. The first kappa shape index (κ1) is 8.80. The summed E-state index contributed by atoms with van der Waals surface area (Å²) in [5, 5.41) is 16.4. The number of hydroxylamine groups is 2. The van der Waals surface area contributed by atoms with Crippen LogP contribution in [0.2, 0.25) is 0 Å². The van der Waals surface area contributed by atoms with Gasteiger partial charge in [-0.2, -0.15) is 0 Å². The minimum atomic E-state index is 0.0694. The van der Waals surface area contributed by atoms with Crippen LogP contribution in [-0.2, 0) is 0 Å². The van der Waals surface area contributed by atoms with Crippen LogP contribution in [0.25, 0.3) is 0 Å². The van der Waals surface area contributed by atoms with Crippen LogP contribution >= 0.6 is 0 Å². The van der Waals surface area contributed by atoms with E-state index in [1.165, 1.54) is 0 Å². The zero-order valence-corrected chi connectivity index (χ0v) is 5.17. The molecule has 0 atom stereocenters. The van der Waals surface area contributed by atoms with Crippen LogP contribution in [0.15, 0.2) is 0 Å². The normalized spacial score (nSPS) is 10.7. The average molecular weight is 135 g/mol. The van der Waals surface area contributed by atoms with Crippen molar-refractivity contribution < 1.29 is 10.4 Å². The molecule has 0 aliphatic heterocycles.